The molecule has 0 spiro atoms. The number of anilines is 2. The average Bonchev–Trinajstić information content (AvgIpc) is 3.30. The average molecular weight is 409 g/mol. The van der Waals surface area contributed by atoms with E-state index in [2.05, 4.69) is 23.2 Å². The first-order valence-electron chi connectivity index (χ1n) is 8.90. The van der Waals surface area contributed by atoms with Crippen LogP contribution in [0, 0.1) is 13.8 Å². The predicted molar refractivity (Wildman–Crippen MR) is 116 cm³/mol. The number of thiazole rings is 1. The van der Waals surface area contributed by atoms with Crippen LogP contribution in [-0.4, -0.2) is 20.3 Å². The van der Waals surface area contributed by atoms with Gasteiger partial charge in [-0.2, -0.15) is 0 Å². The van der Waals surface area contributed by atoms with Gasteiger partial charge in [0.1, 0.15) is 0 Å². The number of aromatic nitrogens is 3. The van der Waals surface area contributed by atoms with Crippen LogP contribution in [0.15, 0.2) is 59.3 Å². The fourth-order valence-electron chi connectivity index (χ4n) is 2.92. The lowest BCUT2D eigenvalue weighted by Crippen LogP contribution is -2.22. The van der Waals surface area contributed by atoms with Crippen molar-refractivity contribution < 1.29 is 4.79 Å². The number of fused-ring (bicyclic) bond motifs is 1. The highest BCUT2D eigenvalue weighted by molar-refractivity contribution is 7.98. The van der Waals surface area contributed by atoms with Crippen molar-refractivity contribution in [1.29, 1.82) is 0 Å². The van der Waals surface area contributed by atoms with E-state index in [1.807, 2.05) is 54.2 Å². The van der Waals surface area contributed by atoms with Crippen molar-refractivity contribution in [3.05, 3.63) is 71.0 Å². The molecule has 0 aliphatic rings. The van der Waals surface area contributed by atoms with Gasteiger partial charge in [-0.25, -0.2) is 9.97 Å². The number of thioether (sulfide) groups is 1. The number of rotatable bonds is 5. The summed E-state index contributed by atoms with van der Waals surface area (Å²) in [5.74, 6) is 0.652. The van der Waals surface area contributed by atoms with Crippen LogP contribution >= 0.6 is 23.1 Å². The first-order chi connectivity index (χ1) is 13.5. The molecule has 4 rings (SSSR count). The van der Waals surface area contributed by atoms with Gasteiger partial charge in [0.2, 0.25) is 5.91 Å². The van der Waals surface area contributed by atoms with Gasteiger partial charge < -0.3 is 0 Å². The van der Waals surface area contributed by atoms with Gasteiger partial charge in [0.25, 0.3) is 0 Å². The summed E-state index contributed by atoms with van der Waals surface area (Å²) in [6, 6.07) is 12.1. The van der Waals surface area contributed by atoms with Gasteiger partial charge in [-0.1, -0.05) is 23.9 Å². The number of nitrogens with zero attached hydrogens (tertiary/aromatic N) is 4. The Bertz CT molecular complexity index is 1150. The van der Waals surface area contributed by atoms with Crippen molar-refractivity contribution >= 4 is 45.3 Å². The minimum atomic E-state index is -0.0453. The Labute approximate surface area is 172 Å². The Morgan fingerprint density at radius 2 is 2.07 bits per heavy atom. The molecule has 3 aromatic heterocycles. The van der Waals surface area contributed by atoms with Gasteiger partial charge in [0.05, 0.1) is 23.1 Å². The van der Waals surface area contributed by atoms with Crippen LogP contribution in [0.1, 0.15) is 23.7 Å². The summed E-state index contributed by atoms with van der Waals surface area (Å²) in [5.41, 5.74) is 5.22. The molecule has 0 unspecified atom stereocenters. The van der Waals surface area contributed by atoms with Crippen molar-refractivity contribution in [2.45, 2.75) is 31.7 Å². The quantitative estimate of drug-likeness (QED) is 0.416. The van der Waals surface area contributed by atoms with E-state index in [0.717, 1.165) is 27.6 Å². The van der Waals surface area contributed by atoms with Crippen LogP contribution < -0.4 is 4.90 Å². The molecule has 0 fully saturated rings. The van der Waals surface area contributed by atoms with E-state index in [0.29, 0.717) is 10.9 Å². The summed E-state index contributed by atoms with van der Waals surface area (Å²) in [7, 11) is 0. The number of pyridine rings is 1. The highest BCUT2D eigenvalue weighted by Gasteiger charge is 2.18. The number of benzene rings is 1. The Morgan fingerprint density at radius 1 is 1.21 bits per heavy atom. The van der Waals surface area contributed by atoms with Crippen molar-refractivity contribution in [2.75, 3.05) is 4.90 Å². The SMILES string of the molecule is CC(=O)N(c1ccc(C)c(C)c1)c1nc(CSc2ncc3ccccn23)cs1. The summed E-state index contributed by atoms with van der Waals surface area (Å²) in [6.07, 6.45) is 3.88. The third-order valence-electron chi connectivity index (χ3n) is 4.55. The highest BCUT2D eigenvalue weighted by Crippen LogP contribution is 2.32. The maximum atomic E-state index is 12.3. The van der Waals surface area contributed by atoms with Gasteiger partial charge in [-0.3, -0.25) is 14.1 Å². The topological polar surface area (TPSA) is 50.5 Å². The predicted octanol–water partition coefficient (Wildman–Crippen LogP) is 5.38. The van der Waals surface area contributed by atoms with Crippen LogP contribution in [0.2, 0.25) is 0 Å². The summed E-state index contributed by atoms with van der Waals surface area (Å²) >= 11 is 3.12. The lowest BCUT2D eigenvalue weighted by Gasteiger charge is -2.19. The lowest BCUT2D eigenvalue weighted by atomic mass is 10.1. The van der Waals surface area contributed by atoms with Crippen LogP contribution in [0.5, 0.6) is 0 Å². The number of amides is 1. The second-order valence-electron chi connectivity index (χ2n) is 6.57. The molecule has 0 N–H and O–H groups in total. The first kappa shape index (κ1) is 18.7. The molecule has 7 heteroatoms. The zero-order valence-electron chi connectivity index (χ0n) is 15.9. The molecule has 5 nitrogen and oxygen atoms in total. The number of carbonyl (C=O) groups excluding carboxylic acids is 1. The van der Waals surface area contributed by atoms with E-state index in [4.69, 9.17) is 4.98 Å². The van der Waals surface area contributed by atoms with Gasteiger partial charge in [-0.05, 0) is 49.2 Å². The van der Waals surface area contributed by atoms with Crippen molar-refractivity contribution in [3.63, 3.8) is 0 Å². The molecule has 142 valence electrons. The molecule has 0 saturated carbocycles. The standard InChI is InChI=1S/C21H20N4OS2/c1-14-7-8-18(10-15(14)2)25(16(3)26)21-23-17(13-28-21)12-27-20-22-11-19-6-4-5-9-24(19)20/h4-11,13H,12H2,1-3H3. The number of aryl methyl sites for hydroxylation is 2. The van der Waals surface area contributed by atoms with E-state index in [-0.39, 0.29) is 5.91 Å². The number of hydrogen-bond donors (Lipinski definition) is 0. The molecule has 0 atom stereocenters. The molecular weight excluding hydrogens is 388 g/mol. The third-order valence-corrected chi connectivity index (χ3v) is 6.42. The Morgan fingerprint density at radius 3 is 2.86 bits per heavy atom. The molecule has 3 heterocycles. The molecule has 4 aromatic rings. The molecular formula is C21H20N4OS2. The minimum Gasteiger partial charge on any atom is -0.295 e. The maximum Gasteiger partial charge on any atom is 0.230 e. The van der Waals surface area contributed by atoms with Crippen LogP contribution in [-0.2, 0) is 10.5 Å². The van der Waals surface area contributed by atoms with Gasteiger partial charge in [-0.15, -0.1) is 11.3 Å². The molecule has 28 heavy (non-hydrogen) atoms. The third kappa shape index (κ3) is 3.68. The monoisotopic (exact) mass is 408 g/mol. The zero-order valence-corrected chi connectivity index (χ0v) is 17.5. The van der Waals surface area contributed by atoms with E-state index in [1.54, 1.807) is 23.6 Å². The van der Waals surface area contributed by atoms with Crippen molar-refractivity contribution in [2.24, 2.45) is 0 Å². The Hall–Kier alpha value is -2.64. The normalized spacial score (nSPS) is 11.1. The summed E-state index contributed by atoms with van der Waals surface area (Å²) in [5, 5.41) is 3.64. The summed E-state index contributed by atoms with van der Waals surface area (Å²) in [6.45, 7) is 5.69. The number of carbonyl (C=O) groups is 1. The molecule has 1 aromatic carbocycles. The largest absolute Gasteiger partial charge is 0.295 e. The van der Waals surface area contributed by atoms with E-state index < -0.39 is 0 Å². The molecule has 1 amide bonds. The van der Waals surface area contributed by atoms with E-state index in [9.17, 15) is 4.79 Å². The molecule has 0 radical (unpaired) electrons. The fourth-order valence-corrected chi connectivity index (χ4v) is 4.77. The minimum absolute atomic E-state index is 0.0453. The zero-order chi connectivity index (χ0) is 19.7. The molecule has 0 bridgehead atoms. The smallest absolute Gasteiger partial charge is 0.230 e. The Kier molecular flexibility index (Phi) is 5.19. The summed E-state index contributed by atoms with van der Waals surface area (Å²) < 4.78 is 2.06. The van der Waals surface area contributed by atoms with Crippen LogP contribution in [0.25, 0.3) is 5.52 Å². The van der Waals surface area contributed by atoms with Crippen molar-refractivity contribution in [1.82, 2.24) is 14.4 Å². The van der Waals surface area contributed by atoms with Crippen molar-refractivity contribution in [3.8, 4) is 0 Å². The molecule has 0 aliphatic carbocycles. The lowest BCUT2D eigenvalue weighted by molar-refractivity contribution is -0.115. The molecule has 0 aliphatic heterocycles. The second kappa shape index (κ2) is 7.77. The Balaban J connectivity index is 1.55. The van der Waals surface area contributed by atoms with Gasteiger partial charge >= 0.3 is 0 Å². The van der Waals surface area contributed by atoms with Crippen LogP contribution in [0.4, 0.5) is 10.8 Å². The summed E-state index contributed by atoms with van der Waals surface area (Å²) in [4.78, 5) is 23.2. The fraction of sp³-hybridized carbons (Fsp3) is 0.190. The van der Waals surface area contributed by atoms with E-state index in [1.165, 1.54) is 16.9 Å². The van der Waals surface area contributed by atoms with Gasteiger partial charge in [0.15, 0.2) is 10.3 Å². The van der Waals surface area contributed by atoms with E-state index >= 15 is 0 Å². The molecule has 0 saturated heterocycles. The first-order valence-corrected chi connectivity index (χ1v) is 10.8. The van der Waals surface area contributed by atoms with Gasteiger partial charge in [0, 0.05) is 24.3 Å². The highest BCUT2D eigenvalue weighted by atomic mass is 32.2. The number of imidazole rings is 1. The van der Waals surface area contributed by atoms with Crippen LogP contribution in [0.3, 0.4) is 0 Å². The number of hydrogen-bond acceptors (Lipinski definition) is 5. The maximum absolute atomic E-state index is 12.3. The second-order valence-corrected chi connectivity index (χ2v) is 8.35.